The predicted molar refractivity (Wildman–Crippen MR) is 151 cm³/mol. The average molecular weight is 595 g/mol. The molecule has 0 aliphatic carbocycles. The van der Waals surface area contributed by atoms with Crippen LogP contribution in [0.3, 0.4) is 0 Å². The van der Waals surface area contributed by atoms with E-state index >= 15 is 0 Å². The van der Waals surface area contributed by atoms with Crippen molar-refractivity contribution >= 4 is 47.1 Å². The minimum absolute atomic E-state index is 0. The van der Waals surface area contributed by atoms with Crippen LogP contribution in [-0.4, -0.2) is 47.1 Å². The van der Waals surface area contributed by atoms with Gasteiger partial charge in [-0.05, 0) is 11.1 Å². The second-order valence-corrected chi connectivity index (χ2v) is 7.17. The van der Waals surface area contributed by atoms with Crippen LogP contribution in [0, 0.1) is 0 Å². The summed E-state index contributed by atoms with van der Waals surface area (Å²) >= 11 is 0. The van der Waals surface area contributed by atoms with Crippen LogP contribution in [0.5, 0.6) is 0 Å². The number of rotatable bonds is 7. The van der Waals surface area contributed by atoms with Crippen molar-refractivity contribution in [3.05, 3.63) is 144 Å². The monoisotopic (exact) mass is 596 g/mol. The van der Waals surface area contributed by atoms with Crippen LogP contribution in [0.2, 0.25) is 0 Å². The van der Waals surface area contributed by atoms with Gasteiger partial charge in [0.2, 0.25) is 0 Å². The Labute approximate surface area is 235 Å². The third-order valence-electron chi connectivity index (χ3n) is 4.84. The molecule has 0 bridgehead atoms. The van der Waals surface area contributed by atoms with Gasteiger partial charge >= 0.3 is 23.9 Å². The summed E-state index contributed by atoms with van der Waals surface area (Å²) in [5.74, 6) is -0.975. The molecule has 0 N–H and O–H groups in total. The summed E-state index contributed by atoms with van der Waals surface area (Å²) in [5.41, 5.74) is 2.83. The van der Waals surface area contributed by atoms with Crippen molar-refractivity contribution in [2.75, 3.05) is 0 Å². The first-order valence-electron chi connectivity index (χ1n) is 10.6. The van der Waals surface area contributed by atoms with E-state index < -0.39 is 11.8 Å². The molecule has 0 heterocycles. The van der Waals surface area contributed by atoms with Crippen molar-refractivity contribution < 1.29 is 10.2 Å². The molecule has 4 aromatic rings. The average Bonchev–Trinajstić information content (AvgIpc) is 2.92. The van der Waals surface area contributed by atoms with Crippen molar-refractivity contribution in [3.8, 4) is 0 Å². The quantitative estimate of drug-likeness (QED) is 0.138. The molecule has 184 valence electrons. The van der Waals surface area contributed by atoms with Crippen LogP contribution in [-0.2, 0) is 0 Å². The Bertz CT molecular complexity index is 1230. The molecule has 0 saturated heterocycles. The first-order valence-corrected chi connectivity index (χ1v) is 10.6. The molecular formula is C30H28N4O2Sn. The van der Waals surface area contributed by atoms with Gasteiger partial charge in [-0.15, -0.1) is 10.2 Å². The van der Waals surface area contributed by atoms with Gasteiger partial charge in [0.1, 0.15) is 11.4 Å². The summed E-state index contributed by atoms with van der Waals surface area (Å²) < 4.78 is 0. The molecule has 0 fully saturated rings. The maximum Gasteiger partial charge on any atom is 2.00 e. The maximum atomic E-state index is 12.6. The van der Waals surface area contributed by atoms with Gasteiger partial charge in [-0.2, -0.15) is 10.2 Å². The molecule has 0 aliphatic heterocycles. The molecule has 37 heavy (non-hydrogen) atoms. The first-order chi connectivity index (χ1) is 16.7. The van der Waals surface area contributed by atoms with E-state index in [0.717, 1.165) is 0 Å². The molecule has 4 rings (SSSR count). The molecule has 4 aromatic carbocycles. The van der Waals surface area contributed by atoms with Gasteiger partial charge < -0.3 is 10.2 Å². The van der Waals surface area contributed by atoms with E-state index in [1.165, 1.54) is 0 Å². The summed E-state index contributed by atoms with van der Waals surface area (Å²) in [6, 6.07) is 35.8. The van der Waals surface area contributed by atoms with Gasteiger partial charge in [-0.3, -0.25) is 0 Å². The molecule has 0 unspecified atom stereocenters. The molecule has 6 nitrogen and oxygen atoms in total. The number of hydrogen-bond donors (Lipinski definition) is 0. The normalized spacial score (nSPS) is 12.0. The second-order valence-electron chi connectivity index (χ2n) is 7.17. The Kier molecular flexibility index (Phi) is 13.3. The van der Waals surface area contributed by atoms with Gasteiger partial charge in [0.05, 0.1) is 0 Å². The van der Waals surface area contributed by atoms with Crippen molar-refractivity contribution in [1.29, 1.82) is 0 Å². The fourth-order valence-corrected chi connectivity index (χ4v) is 3.14. The fourth-order valence-electron chi connectivity index (χ4n) is 3.14. The smallest absolute Gasteiger partial charge is 0.857 e. The van der Waals surface area contributed by atoms with Gasteiger partial charge in [0.15, 0.2) is 0 Å². The SMILES string of the molecule is C.C.[O-]C(=N/N=C(/C(=N/N=C([O-])c1ccccc1)c1ccccc1)c1ccccc1)c1ccccc1.[Sn+2]. The summed E-state index contributed by atoms with van der Waals surface area (Å²) in [7, 11) is 0. The van der Waals surface area contributed by atoms with Crippen molar-refractivity contribution in [1.82, 2.24) is 0 Å². The Morgan fingerprint density at radius 3 is 0.892 bits per heavy atom. The Morgan fingerprint density at radius 1 is 0.378 bits per heavy atom. The van der Waals surface area contributed by atoms with E-state index in [1.807, 2.05) is 72.8 Å². The van der Waals surface area contributed by atoms with E-state index in [2.05, 4.69) is 20.4 Å². The molecule has 0 saturated carbocycles. The van der Waals surface area contributed by atoms with Crippen LogP contribution >= 0.6 is 0 Å². The summed E-state index contributed by atoms with van der Waals surface area (Å²) in [5, 5.41) is 41.7. The van der Waals surface area contributed by atoms with E-state index in [-0.39, 0.29) is 38.8 Å². The van der Waals surface area contributed by atoms with Gasteiger partial charge in [-0.1, -0.05) is 136 Å². The predicted octanol–water partition coefficient (Wildman–Crippen LogP) is 4.30. The standard InChI is InChI=1S/C28H22N4O2.2CH4.Sn/c33-27(23-17-9-3-10-18-23)31-29-25(21-13-5-1-6-14-21)26(22-15-7-2-8-16-22)30-32-28(34)24-19-11-4-12-20-24;;;/h1-20H,(H,31,33)(H,32,34);2*1H4;/q;;;+2/p-2/b29-25+,30-26+;;;. The summed E-state index contributed by atoms with van der Waals surface area (Å²) in [4.78, 5) is 0. The van der Waals surface area contributed by atoms with Gasteiger partial charge in [-0.25, -0.2) is 0 Å². The number of hydrogen-bond acceptors (Lipinski definition) is 6. The molecule has 0 spiro atoms. The van der Waals surface area contributed by atoms with Crippen molar-refractivity contribution in [2.24, 2.45) is 20.4 Å². The molecule has 2 radical (unpaired) electrons. The van der Waals surface area contributed by atoms with Crippen LogP contribution in [0.4, 0.5) is 0 Å². The maximum absolute atomic E-state index is 12.6. The topological polar surface area (TPSA) is 95.6 Å². The zero-order chi connectivity index (χ0) is 23.6. The second kappa shape index (κ2) is 15.9. The molecule has 0 atom stereocenters. The molecular weight excluding hydrogens is 567 g/mol. The fraction of sp³-hybridized carbons (Fsp3) is 0.0667. The third kappa shape index (κ3) is 8.54. The number of nitrogens with zero attached hydrogens (tertiary/aromatic N) is 4. The van der Waals surface area contributed by atoms with Gasteiger partial charge in [0, 0.05) is 22.9 Å². The van der Waals surface area contributed by atoms with Crippen LogP contribution in [0.15, 0.2) is 142 Å². The van der Waals surface area contributed by atoms with Crippen LogP contribution in [0.1, 0.15) is 37.1 Å². The van der Waals surface area contributed by atoms with E-state index in [0.29, 0.717) is 33.7 Å². The van der Waals surface area contributed by atoms with Crippen LogP contribution in [0.25, 0.3) is 0 Å². The minimum Gasteiger partial charge on any atom is -0.857 e. The summed E-state index contributed by atoms with van der Waals surface area (Å²) in [6.45, 7) is 0. The first kappa shape index (κ1) is 31.0. The summed E-state index contributed by atoms with van der Waals surface area (Å²) in [6.07, 6.45) is 0. The van der Waals surface area contributed by atoms with E-state index in [4.69, 9.17) is 0 Å². The molecule has 0 aromatic heterocycles. The van der Waals surface area contributed by atoms with Gasteiger partial charge in [0.25, 0.3) is 0 Å². The zero-order valence-corrected chi connectivity index (χ0v) is 21.5. The minimum atomic E-state index is -0.487. The number of benzene rings is 4. The molecule has 7 heteroatoms. The van der Waals surface area contributed by atoms with E-state index in [9.17, 15) is 10.2 Å². The Hall–Kier alpha value is -4.04. The Morgan fingerprint density at radius 2 is 0.622 bits per heavy atom. The van der Waals surface area contributed by atoms with Crippen LogP contribution < -0.4 is 10.2 Å². The largest absolute Gasteiger partial charge is 2.00 e. The van der Waals surface area contributed by atoms with E-state index in [1.54, 1.807) is 48.5 Å². The molecule has 0 amide bonds. The van der Waals surface area contributed by atoms with Crippen molar-refractivity contribution in [3.63, 3.8) is 0 Å². The Balaban J connectivity index is 0.00000228. The third-order valence-corrected chi connectivity index (χ3v) is 4.84. The zero-order valence-electron chi connectivity index (χ0n) is 18.7. The van der Waals surface area contributed by atoms with Crippen molar-refractivity contribution in [2.45, 2.75) is 14.9 Å². The molecule has 0 aliphatic rings.